The number of nitrogens with one attached hydrogen (secondary N) is 1. The number of hydroxylamine groups is 1. The third-order valence-corrected chi connectivity index (χ3v) is 4.72. The van der Waals surface area contributed by atoms with Crippen LogP contribution in [-0.4, -0.2) is 46.0 Å². The highest BCUT2D eigenvalue weighted by Gasteiger charge is 2.28. The Morgan fingerprint density at radius 3 is 1.98 bits per heavy atom. The highest BCUT2D eigenvalue weighted by molar-refractivity contribution is 6.14. The molecule has 0 saturated heterocycles. The number of amides is 1. The summed E-state index contributed by atoms with van der Waals surface area (Å²) in [5.74, 6) is -2.70. The van der Waals surface area contributed by atoms with Gasteiger partial charge in [-0.3, -0.25) is 24.1 Å². The normalized spacial score (nSPS) is 12.5. The summed E-state index contributed by atoms with van der Waals surface area (Å²) in [6, 6.07) is 12.8. The Morgan fingerprint density at radius 2 is 1.48 bits per heavy atom. The van der Waals surface area contributed by atoms with Crippen molar-refractivity contribution in [1.29, 1.82) is 0 Å². The van der Waals surface area contributed by atoms with Gasteiger partial charge in [0.25, 0.3) is 0 Å². The van der Waals surface area contributed by atoms with E-state index in [0.29, 0.717) is 28.0 Å². The van der Waals surface area contributed by atoms with E-state index in [9.17, 15) is 19.2 Å². The molecule has 11 nitrogen and oxygen atoms in total. The van der Waals surface area contributed by atoms with Gasteiger partial charge in [-0.05, 0) is 72.2 Å². The molecule has 0 fully saturated rings. The molecule has 218 valence electrons. The van der Waals surface area contributed by atoms with E-state index in [-0.39, 0.29) is 5.78 Å². The SMILES string of the molecule is CC(=Cc1ccccc1C(=O)c1ccccc1N)C(N)=O.CC(C)(C)ON[C@@H](CC(=O)O)C(=O)OOC(C)(C)C. The van der Waals surface area contributed by atoms with E-state index in [2.05, 4.69) is 10.4 Å². The zero-order valence-corrected chi connectivity index (χ0v) is 23.9. The number of carboxylic acids is 1. The van der Waals surface area contributed by atoms with Crippen molar-refractivity contribution in [3.05, 3.63) is 70.8 Å². The van der Waals surface area contributed by atoms with Gasteiger partial charge in [0.05, 0.1) is 12.0 Å². The summed E-state index contributed by atoms with van der Waals surface area (Å²) in [4.78, 5) is 60.8. The molecule has 0 radical (unpaired) electrons. The zero-order valence-electron chi connectivity index (χ0n) is 23.9. The Bertz CT molecular complexity index is 1230. The number of carboxylic acid groups (broad SMARTS) is 1. The number of ketones is 1. The number of para-hydroxylation sites is 1. The van der Waals surface area contributed by atoms with E-state index in [1.165, 1.54) is 0 Å². The Hall–Kier alpha value is -4.06. The fourth-order valence-electron chi connectivity index (χ4n) is 2.80. The summed E-state index contributed by atoms with van der Waals surface area (Å²) in [7, 11) is 0. The van der Waals surface area contributed by atoms with Gasteiger partial charge in [-0.25, -0.2) is 4.79 Å². The maximum atomic E-state index is 12.6. The molecule has 40 heavy (non-hydrogen) atoms. The van der Waals surface area contributed by atoms with Gasteiger partial charge in [-0.2, -0.15) is 10.4 Å². The Kier molecular flexibility index (Phi) is 12.7. The maximum absolute atomic E-state index is 12.6. The molecule has 0 aliphatic carbocycles. The van der Waals surface area contributed by atoms with Crippen LogP contribution in [0.4, 0.5) is 5.69 Å². The number of hydrogen-bond donors (Lipinski definition) is 4. The van der Waals surface area contributed by atoms with Gasteiger partial charge in [0, 0.05) is 22.4 Å². The minimum Gasteiger partial charge on any atom is -0.481 e. The molecule has 2 aromatic carbocycles. The molecule has 0 heterocycles. The summed E-state index contributed by atoms with van der Waals surface area (Å²) in [5.41, 5.74) is 14.6. The first-order valence-electron chi connectivity index (χ1n) is 12.4. The largest absolute Gasteiger partial charge is 0.481 e. The predicted octanol–water partition coefficient (Wildman–Crippen LogP) is 3.81. The Labute approximate surface area is 234 Å². The molecular formula is C29H39N3O8. The highest BCUT2D eigenvalue weighted by Crippen LogP contribution is 2.21. The number of nitrogens with two attached hydrogens (primary N) is 2. The number of primary amides is 1. The summed E-state index contributed by atoms with van der Waals surface area (Å²) in [5, 5.41) is 8.75. The van der Waals surface area contributed by atoms with Gasteiger partial charge in [0.1, 0.15) is 11.6 Å². The van der Waals surface area contributed by atoms with Crippen molar-refractivity contribution in [1.82, 2.24) is 5.48 Å². The molecule has 0 aromatic heterocycles. The van der Waals surface area contributed by atoms with Crippen LogP contribution in [0.15, 0.2) is 54.1 Å². The second-order valence-corrected chi connectivity index (χ2v) is 10.8. The molecule has 11 heteroatoms. The van der Waals surface area contributed by atoms with Gasteiger partial charge < -0.3 is 16.6 Å². The average Bonchev–Trinajstić information content (AvgIpc) is 2.84. The maximum Gasteiger partial charge on any atom is 0.362 e. The second kappa shape index (κ2) is 14.9. The van der Waals surface area contributed by atoms with Gasteiger partial charge >= 0.3 is 11.9 Å². The van der Waals surface area contributed by atoms with Crippen LogP contribution in [0.2, 0.25) is 0 Å². The first kappa shape index (κ1) is 34.0. The molecule has 1 atom stereocenters. The van der Waals surface area contributed by atoms with E-state index in [1.54, 1.807) is 103 Å². The Morgan fingerprint density at radius 1 is 0.925 bits per heavy atom. The van der Waals surface area contributed by atoms with E-state index >= 15 is 0 Å². The summed E-state index contributed by atoms with van der Waals surface area (Å²) in [6.45, 7) is 12.0. The number of nitrogen functional groups attached to an aromatic ring is 1. The lowest BCUT2D eigenvalue weighted by Crippen LogP contribution is -2.44. The zero-order chi connectivity index (χ0) is 30.7. The first-order chi connectivity index (χ1) is 18.4. The van der Waals surface area contributed by atoms with E-state index < -0.39 is 41.5 Å². The van der Waals surface area contributed by atoms with Crippen LogP contribution in [0.1, 0.15) is 76.4 Å². The third-order valence-electron chi connectivity index (χ3n) is 4.72. The number of anilines is 1. The lowest BCUT2D eigenvalue weighted by atomic mass is 9.96. The molecular weight excluding hydrogens is 518 g/mol. The number of hydrogen-bond acceptors (Lipinski definition) is 9. The number of rotatable bonds is 10. The molecule has 0 saturated carbocycles. The standard InChI is InChI=1S/C17H16N2O2.C12H23NO6/c1-11(17(19)21)10-12-6-2-3-7-13(12)16(20)14-8-4-5-9-15(14)18;1-11(2,3)18-13-8(7-9(14)15)10(16)17-19-12(4,5)6/h2-10H,18H2,1H3,(H2,19,21);8,13H,7H2,1-6H3,(H,14,15)/t;8-/m.0/s1. The fraction of sp³-hybridized carbons (Fsp3) is 0.379. The lowest BCUT2D eigenvalue weighted by molar-refractivity contribution is -0.323. The molecule has 1 amide bonds. The van der Waals surface area contributed by atoms with Gasteiger partial charge in [-0.1, -0.05) is 36.4 Å². The smallest absolute Gasteiger partial charge is 0.362 e. The fourth-order valence-corrected chi connectivity index (χ4v) is 2.80. The van der Waals surface area contributed by atoms with E-state index in [4.69, 9.17) is 26.3 Å². The van der Waals surface area contributed by atoms with Crippen molar-refractivity contribution in [2.45, 2.75) is 72.1 Å². The number of carbonyl (C=O) groups is 4. The minimum atomic E-state index is -1.15. The highest BCUT2D eigenvalue weighted by atomic mass is 17.2. The minimum absolute atomic E-state index is 0.183. The topological polar surface area (TPSA) is 180 Å². The van der Waals surface area contributed by atoms with Crippen LogP contribution in [0.5, 0.6) is 0 Å². The van der Waals surface area contributed by atoms with Crippen LogP contribution in [-0.2, 0) is 29.0 Å². The van der Waals surface area contributed by atoms with Crippen molar-refractivity contribution in [3.8, 4) is 0 Å². The second-order valence-electron chi connectivity index (χ2n) is 10.8. The summed E-state index contributed by atoms with van der Waals surface area (Å²) < 4.78 is 0. The molecule has 2 rings (SSSR count). The van der Waals surface area contributed by atoms with E-state index in [1.807, 2.05) is 0 Å². The van der Waals surface area contributed by atoms with E-state index in [0.717, 1.165) is 0 Å². The average molecular weight is 558 g/mol. The molecule has 2 aromatic rings. The van der Waals surface area contributed by atoms with Crippen molar-refractivity contribution in [3.63, 3.8) is 0 Å². The van der Waals surface area contributed by atoms with Gasteiger partial charge in [-0.15, -0.1) is 0 Å². The molecule has 0 spiro atoms. The van der Waals surface area contributed by atoms with Crippen molar-refractivity contribution in [2.75, 3.05) is 5.73 Å². The molecule has 0 aliphatic heterocycles. The van der Waals surface area contributed by atoms with Gasteiger partial charge in [0.15, 0.2) is 5.78 Å². The third kappa shape index (κ3) is 12.7. The number of carbonyl (C=O) groups excluding carboxylic acids is 3. The molecule has 0 aliphatic rings. The van der Waals surface area contributed by atoms with Crippen LogP contribution < -0.4 is 16.9 Å². The predicted molar refractivity (Wildman–Crippen MR) is 151 cm³/mol. The van der Waals surface area contributed by atoms with Gasteiger partial charge in [0.2, 0.25) is 5.91 Å². The van der Waals surface area contributed by atoms with Crippen molar-refractivity contribution in [2.24, 2.45) is 5.73 Å². The monoisotopic (exact) mass is 557 g/mol. The van der Waals surface area contributed by atoms with Crippen LogP contribution >= 0.6 is 0 Å². The Balaban J connectivity index is 0.000000403. The lowest BCUT2D eigenvalue weighted by Gasteiger charge is -2.24. The number of benzene rings is 2. The number of aliphatic carboxylic acids is 1. The van der Waals surface area contributed by atoms with Crippen LogP contribution in [0.3, 0.4) is 0 Å². The summed E-state index contributed by atoms with van der Waals surface area (Å²) >= 11 is 0. The summed E-state index contributed by atoms with van der Waals surface area (Å²) in [6.07, 6.45) is 1.14. The molecule has 0 bridgehead atoms. The first-order valence-corrected chi connectivity index (χ1v) is 12.4. The van der Waals surface area contributed by atoms with Crippen molar-refractivity contribution < 1.29 is 38.9 Å². The van der Waals surface area contributed by atoms with Crippen LogP contribution in [0.25, 0.3) is 6.08 Å². The quantitative estimate of drug-likeness (QED) is 0.110. The molecule has 6 N–H and O–H groups in total. The van der Waals surface area contributed by atoms with Crippen LogP contribution in [0, 0.1) is 0 Å². The van der Waals surface area contributed by atoms with Crippen molar-refractivity contribution >= 4 is 35.4 Å². The molecule has 0 unspecified atom stereocenters.